The van der Waals surface area contributed by atoms with Crippen molar-refractivity contribution in [1.29, 1.82) is 0 Å². The first kappa shape index (κ1) is 37.9. The molecule has 57 heavy (non-hydrogen) atoms. The molecule has 2 aliphatic heterocycles. The summed E-state index contributed by atoms with van der Waals surface area (Å²) >= 11 is 0. The van der Waals surface area contributed by atoms with Gasteiger partial charge in [-0.2, -0.15) is 0 Å². The number of aryl methyl sites for hydroxylation is 1. The van der Waals surface area contributed by atoms with Gasteiger partial charge in [0.2, 0.25) is 0 Å². The average molecular weight is 753 g/mol. The van der Waals surface area contributed by atoms with Crippen LogP contribution in [0.2, 0.25) is 0 Å². The van der Waals surface area contributed by atoms with Crippen molar-refractivity contribution in [3.05, 3.63) is 124 Å². The van der Waals surface area contributed by atoms with Crippen LogP contribution in [0.4, 0.5) is 34.1 Å². The summed E-state index contributed by atoms with van der Waals surface area (Å²) in [6, 6.07) is 35.6. The minimum Gasteiger partial charge on any atom is -0.468 e. The summed E-state index contributed by atoms with van der Waals surface area (Å²) in [7, 11) is 0. The standard InChI is InChI=1S/C53H61BN2O/c1-32-27-43-46-44(28-32)56(37-22-17-34(18-23-37)50(5,6)7)47-38-30-39-40(53(13,14)26-25-52(39,11)12)31-45(38)57-48(47)54(46)41-29-35(51(8,9)10)19-24-42(41)55(43)36-20-15-33(16-21-36)49(2,3)4/h15-24,27-31H,25-26H2,1-14H3. The van der Waals surface area contributed by atoms with Crippen molar-refractivity contribution in [2.45, 2.75) is 137 Å². The summed E-state index contributed by atoms with van der Waals surface area (Å²) < 4.78 is 7.44. The second kappa shape index (κ2) is 12.2. The zero-order valence-corrected chi connectivity index (χ0v) is 37.0. The van der Waals surface area contributed by atoms with Gasteiger partial charge in [0.15, 0.2) is 0 Å². The van der Waals surface area contributed by atoms with Crippen molar-refractivity contribution < 1.29 is 4.42 Å². The Morgan fingerprint density at radius 2 is 1.02 bits per heavy atom. The van der Waals surface area contributed by atoms with Crippen LogP contribution in [0.3, 0.4) is 0 Å². The van der Waals surface area contributed by atoms with Crippen LogP contribution in [-0.2, 0) is 27.1 Å². The van der Waals surface area contributed by atoms with E-state index in [1.54, 1.807) is 0 Å². The SMILES string of the molecule is Cc1cc2c3c(c1)N(c1ccc(C(C)(C)C)cc1)c1c(oc4cc5c(cc14)C(C)(C)CCC5(C)C)B3c1cc(C(C)(C)C)ccc1N2c1ccc(C(C)(C)C)cc1. The Morgan fingerprint density at radius 1 is 0.544 bits per heavy atom. The maximum atomic E-state index is 7.44. The van der Waals surface area contributed by atoms with Gasteiger partial charge in [-0.25, -0.2) is 0 Å². The van der Waals surface area contributed by atoms with E-state index in [2.05, 4.69) is 198 Å². The van der Waals surface area contributed by atoms with Crippen LogP contribution < -0.4 is 26.4 Å². The van der Waals surface area contributed by atoms with E-state index in [4.69, 9.17) is 4.42 Å². The lowest BCUT2D eigenvalue weighted by Gasteiger charge is -2.43. The summed E-state index contributed by atoms with van der Waals surface area (Å²) in [5.74, 6) is 0. The first-order chi connectivity index (χ1) is 26.5. The molecule has 0 bridgehead atoms. The lowest BCUT2D eigenvalue weighted by atomic mass is 9.35. The molecular formula is C53H61BN2O. The van der Waals surface area contributed by atoms with Crippen LogP contribution in [0, 0.1) is 6.92 Å². The molecule has 6 aromatic rings. The monoisotopic (exact) mass is 752 g/mol. The third-order valence-corrected chi connectivity index (χ3v) is 13.6. The third-order valence-electron chi connectivity index (χ3n) is 13.6. The van der Waals surface area contributed by atoms with Gasteiger partial charge in [-0.05, 0) is 146 Å². The quantitative estimate of drug-likeness (QED) is 0.164. The molecule has 0 saturated heterocycles. The Bertz CT molecular complexity index is 2580. The molecule has 0 unspecified atom stereocenters. The maximum absolute atomic E-state index is 7.44. The van der Waals surface area contributed by atoms with Gasteiger partial charge >= 0.3 is 0 Å². The van der Waals surface area contributed by atoms with E-state index in [9.17, 15) is 0 Å². The highest BCUT2D eigenvalue weighted by atomic mass is 16.3. The van der Waals surface area contributed by atoms with Crippen molar-refractivity contribution in [3.63, 3.8) is 0 Å². The Hall–Kier alpha value is -4.70. The number of fused-ring (bicyclic) bond motifs is 7. The van der Waals surface area contributed by atoms with Gasteiger partial charge in [0, 0.05) is 33.8 Å². The lowest BCUT2D eigenvalue weighted by molar-refractivity contribution is 0.332. The van der Waals surface area contributed by atoms with Crippen molar-refractivity contribution in [2.75, 3.05) is 9.80 Å². The molecule has 3 nitrogen and oxygen atoms in total. The zero-order chi connectivity index (χ0) is 40.8. The molecule has 3 heterocycles. The topological polar surface area (TPSA) is 19.6 Å². The molecule has 292 valence electrons. The van der Waals surface area contributed by atoms with E-state index < -0.39 is 0 Å². The molecule has 0 fully saturated rings. The molecule has 0 amide bonds. The predicted octanol–water partition coefficient (Wildman–Crippen LogP) is 13.1. The molecule has 0 radical (unpaired) electrons. The molecule has 3 aliphatic rings. The third kappa shape index (κ3) is 5.91. The number of hydrogen-bond acceptors (Lipinski definition) is 3. The van der Waals surface area contributed by atoms with E-state index >= 15 is 0 Å². The van der Waals surface area contributed by atoms with Crippen molar-refractivity contribution in [2.24, 2.45) is 0 Å². The van der Waals surface area contributed by atoms with Gasteiger partial charge in [-0.3, -0.25) is 0 Å². The summed E-state index contributed by atoms with van der Waals surface area (Å²) in [6.45, 7) is 32.6. The van der Waals surface area contributed by atoms with Crippen LogP contribution in [0.15, 0.2) is 95.4 Å². The molecule has 9 rings (SSSR count). The lowest BCUT2D eigenvalue weighted by Crippen LogP contribution is -2.61. The highest BCUT2D eigenvalue weighted by molar-refractivity contribution is 7.00. The number of anilines is 6. The fraction of sp³-hybridized carbons (Fsp3) is 0.396. The van der Waals surface area contributed by atoms with E-state index in [1.165, 1.54) is 84.6 Å². The average Bonchev–Trinajstić information content (AvgIpc) is 3.50. The molecule has 5 aromatic carbocycles. The fourth-order valence-electron chi connectivity index (χ4n) is 9.92. The molecule has 0 atom stereocenters. The van der Waals surface area contributed by atoms with Crippen LogP contribution >= 0.6 is 0 Å². The van der Waals surface area contributed by atoms with Gasteiger partial charge in [-0.1, -0.05) is 126 Å². The Labute approximate surface area is 342 Å². The molecule has 1 aliphatic carbocycles. The van der Waals surface area contributed by atoms with Crippen molar-refractivity contribution in [3.8, 4) is 0 Å². The minimum absolute atomic E-state index is 0.0208. The van der Waals surface area contributed by atoms with E-state index in [0.29, 0.717) is 0 Å². The molecule has 4 heteroatoms. The Balaban J connectivity index is 1.39. The minimum atomic E-state index is -0.0801. The zero-order valence-electron chi connectivity index (χ0n) is 37.0. The first-order valence-electron chi connectivity index (χ1n) is 21.3. The van der Waals surface area contributed by atoms with Crippen molar-refractivity contribution >= 4 is 68.4 Å². The van der Waals surface area contributed by atoms with Crippen LogP contribution in [0.5, 0.6) is 0 Å². The molecule has 0 spiro atoms. The van der Waals surface area contributed by atoms with Gasteiger partial charge in [-0.15, -0.1) is 0 Å². The number of rotatable bonds is 2. The first-order valence-corrected chi connectivity index (χ1v) is 21.3. The Kier molecular flexibility index (Phi) is 8.08. The fourth-order valence-corrected chi connectivity index (χ4v) is 9.92. The second-order valence-corrected chi connectivity index (χ2v) is 21.9. The largest absolute Gasteiger partial charge is 0.468 e. The van der Waals surface area contributed by atoms with Crippen LogP contribution in [-0.4, -0.2) is 6.71 Å². The smallest absolute Gasteiger partial charge is 0.297 e. The van der Waals surface area contributed by atoms with Gasteiger partial charge < -0.3 is 14.2 Å². The summed E-state index contributed by atoms with van der Waals surface area (Å²) in [5, 5.41) is 1.21. The molecule has 0 N–H and O–H groups in total. The second-order valence-electron chi connectivity index (χ2n) is 21.9. The number of hydrogen-bond donors (Lipinski definition) is 0. The normalized spacial score (nSPS) is 17.0. The van der Waals surface area contributed by atoms with Gasteiger partial charge in [0.05, 0.1) is 11.3 Å². The number of nitrogens with zero attached hydrogens (tertiary/aromatic N) is 2. The maximum Gasteiger partial charge on any atom is 0.297 e. The predicted molar refractivity (Wildman–Crippen MR) is 246 cm³/mol. The van der Waals surface area contributed by atoms with Crippen LogP contribution in [0.1, 0.15) is 136 Å². The summed E-state index contributed by atoms with van der Waals surface area (Å²) in [5.41, 5.74) is 20.2. The molecular weight excluding hydrogens is 691 g/mol. The summed E-state index contributed by atoms with van der Waals surface area (Å²) in [4.78, 5) is 5.07. The van der Waals surface area contributed by atoms with E-state index in [-0.39, 0.29) is 33.8 Å². The van der Waals surface area contributed by atoms with E-state index in [0.717, 1.165) is 23.4 Å². The number of furan rings is 1. The molecule has 1 aromatic heterocycles. The van der Waals surface area contributed by atoms with Gasteiger partial charge in [0.25, 0.3) is 6.71 Å². The molecule has 0 saturated carbocycles. The van der Waals surface area contributed by atoms with Gasteiger partial charge in [0.1, 0.15) is 5.58 Å². The van der Waals surface area contributed by atoms with E-state index in [1.807, 2.05) is 0 Å². The number of benzene rings is 5. The summed E-state index contributed by atoms with van der Waals surface area (Å²) in [6.07, 6.45) is 2.33. The van der Waals surface area contributed by atoms with Crippen LogP contribution in [0.25, 0.3) is 11.0 Å². The van der Waals surface area contributed by atoms with Crippen molar-refractivity contribution in [1.82, 2.24) is 0 Å². The highest BCUT2D eigenvalue weighted by Crippen LogP contribution is 2.52. The highest BCUT2D eigenvalue weighted by Gasteiger charge is 2.48. The Morgan fingerprint density at radius 3 is 1.54 bits per heavy atom.